The van der Waals surface area contributed by atoms with E-state index in [2.05, 4.69) is 18.7 Å². The fourth-order valence-electron chi connectivity index (χ4n) is 10.7. The first kappa shape index (κ1) is 22.3. The number of aliphatic hydroxyl groups excluding tert-OH is 2. The van der Waals surface area contributed by atoms with Gasteiger partial charge in [0.05, 0.1) is 23.4 Å². The van der Waals surface area contributed by atoms with Crippen molar-refractivity contribution in [1.29, 1.82) is 0 Å². The van der Waals surface area contributed by atoms with E-state index in [-0.39, 0.29) is 41.4 Å². The summed E-state index contributed by atoms with van der Waals surface area (Å²) in [6.07, 6.45) is 8.00. The second-order valence-corrected chi connectivity index (χ2v) is 13.6. The van der Waals surface area contributed by atoms with E-state index in [1.54, 1.807) is 0 Å². The highest BCUT2D eigenvalue weighted by molar-refractivity contribution is 5.19. The molecule has 4 N–H and O–H groups in total. The quantitative estimate of drug-likeness (QED) is 0.459. The van der Waals surface area contributed by atoms with Gasteiger partial charge in [-0.25, -0.2) is 0 Å². The molecule has 13 atom stereocenters. The molecule has 32 heavy (non-hydrogen) atoms. The summed E-state index contributed by atoms with van der Waals surface area (Å²) in [5.41, 5.74) is -1.61. The predicted octanol–water partition coefficient (Wildman–Crippen LogP) is 2.79. The summed E-state index contributed by atoms with van der Waals surface area (Å²) in [5.74, 6) is 2.41. The minimum absolute atomic E-state index is 0.0484. The zero-order chi connectivity index (χ0) is 22.6. The van der Waals surface area contributed by atoms with Crippen LogP contribution in [0.2, 0.25) is 0 Å². The lowest BCUT2D eigenvalue weighted by Gasteiger charge is -2.63. The molecule has 2 saturated heterocycles. The van der Waals surface area contributed by atoms with E-state index in [9.17, 15) is 20.4 Å². The number of piperidine rings is 2. The summed E-state index contributed by atoms with van der Waals surface area (Å²) >= 11 is 0. The SMILES string of the molecule is C[C@H]1CC[C@H]2N(C1)C[C@@]1(O)[C@@H]3C[C@H]4[C@@H](C[C@@H](O)[C@H]5C[C@@H](O)CC[C@@]54C)[C@@H]3CC[C@H]1[C@]2(C)O. The van der Waals surface area contributed by atoms with Gasteiger partial charge in [-0.05, 0) is 106 Å². The molecule has 182 valence electrons. The average molecular weight is 448 g/mol. The van der Waals surface area contributed by atoms with Gasteiger partial charge in [0.2, 0.25) is 0 Å². The van der Waals surface area contributed by atoms with Crippen LogP contribution < -0.4 is 0 Å². The monoisotopic (exact) mass is 447 g/mol. The van der Waals surface area contributed by atoms with Crippen LogP contribution in [0.25, 0.3) is 0 Å². The zero-order valence-electron chi connectivity index (χ0n) is 20.3. The van der Waals surface area contributed by atoms with Crippen molar-refractivity contribution in [1.82, 2.24) is 4.90 Å². The Hall–Kier alpha value is -0.200. The molecule has 2 heterocycles. The molecule has 6 fully saturated rings. The van der Waals surface area contributed by atoms with Crippen molar-refractivity contribution in [2.45, 2.75) is 108 Å². The highest BCUT2D eigenvalue weighted by Gasteiger charge is 2.69. The first-order chi connectivity index (χ1) is 15.1. The van der Waals surface area contributed by atoms with Crippen molar-refractivity contribution in [2.75, 3.05) is 13.1 Å². The molecule has 0 amide bonds. The van der Waals surface area contributed by atoms with Crippen LogP contribution >= 0.6 is 0 Å². The lowest BCUT2D eigenvalue weighted by atomic mass is 9.51. The lowest BCUT2D eigenvalue weighted by Crippen LogP contribution is -2.74. The number of hydrogen-bond acceptors (Lipinski definition) is 5. The molecule has 2 aliphatic heterocycles. The second kappa shape index (κ2) is 7.16. The van der Waals surface area contributed by atoms with Crippen LogP contribution in [-0.4, -0.2) is 67.9 Å². The Morgan fingerprint density at radius 1 is 0.812 bits per heavy atom. The lowest BCUT2D eigenvalue weighted by molar-refractivity contribution is -0.250. The van der Waals surface area contributed by atoms with Gasteiger partial charge in [-0.15, -0.1) is 0 Å². The van der Waals surface area contributed by atoms with Gasteiger partial charge in [0, 0.05) is 25.0 Å². The molecule has 0 bridgehead atoms. The summed E-state index contributed by atoms with van der Waals surface area (Å²) < 4.78 is 0. The normalized spacial score (nSPS) is 62.3. The highest BCUT2D eigenvalue weighted by atomic mass is 16.3. The average Bonchev–Trinajstić information content (AvgIpc) is 3.09. The number of nitrogens with zero attached hydrogens (tertiary/aromatic N) is 1. The van der Waals surface area contributed by atoms with Crippen LogP contribution in [0, 0.1) is 46.8 Å². The van der Waals surface area contributed by atoms with E-state index in [0.29, 0.717) is 30.2 Å². The highest BCUT2D eigenvalue weighted by Crippen LogP contribution is 2.68. The second-order valence-electron chi connectivity index (χ2n) is 13.6. The molecule has 0 unspecified atom stereocenters. The smallest absolute Gasteiger partial charge is 0.0860 e. The summed E-state index contributed by atoms with van der Waals surface area (Å²) in [6.45, 7) is 8.39. The number of hydrogen-bond donors (Lipinski definition) is 4. The first-order valence-corrected chi connectivity index (χ1v) is 13.6. The minimum Gasteiger partial charge on any atom is -0.393 e. The third-order valence-electron chi connectivity index (χ3n) is 12.1. The van der Waals surface area contributed by atoms with Gasteiger partial charge < -0.3 is 20.4 Å². The molecule has 0 spiro atoms. The maximum atomic E-state index is 12.5. The molecule has 6 aliphatic rings. The van der Waals surface area contributed by atoms with Crippen molar-refractivity contribution in [3.63, 3.8) is 0 Å². The molecular weight excluding hydrogens is 402 g/mol. The van der Waals surface area contributed by atoms with Gasteiger partial charge in [-0.1, -0.05) is 13.8 Å². The van der Waals surface area contributed by atoms with Gasteiger partial charge in [0.1, 0.15) is 0 Å². The molecule has 4 aliphatic carbocycles. The summed E-state index contributed by atoms with van der Waals surface area (Å²) in [6, 6.07) is 0.174. The maximum Gasteiger partial charge on any atom is 0.0860 e. The molecule has 0 radical (unpaired) electrons. The van der Waals surface area contributed by atoms with Crippen molar-refractivity contribution >= 4 is 0 Å². The number of fused-ring (bicyclic) bond motifs is 8. The standard InChI is InChI=1S/C27H45NO4/c1-15-4-7-24-26(3,31)23-6-5-17-18-11-22(30)21-10-16(29)8-9-25(21,2)19(18)12-20(17)27(23,32)14-28(24)13-15/h15-24,29-32H,4-14H2,1-3H3/t15-,16-,17-,18-,19-,20+,21+,22+,23-,24+,25+,26-,27+/m0/s1. The van der Waals surface area contributed by atoms with Crippen LogP contribution in [0.1, 0.15) is 78.6 Å². The number of rotatable bonds is 0. The Bertz CT molecular complexity index is 758. The molecule has 6 rings (SSSR count). The Labute approximate surface area is 193 Å². The van der Waals surface area contributed by atoms with Crippen molar-refractivity contribution in [3.05, 3.63) is 0 Å². The van der Waals surface area contributed by atoms with E-state index in [0.717, 1.165) is 57.9 Å². The maximum absolute atomic E-state index is 12.5. The Morgan fingerprint density at radius 3 is 2.38 bits per heavy atom. The predicted molar refractivity (Wildman–Crippen MR) is 123 cm³/mol. The van der Waals surface area contributed by atoms with Crippen LogP contribution in [0.4, 0.5) is 0 Å². The molecule has 5 nitrogen and oxygen atoms in total. The first-order valence-electron chi connectivity index (χ1n) is 13.6. The zero-order valence-corrected chi connectivity index (χ0v) is 20.3. The van der Waals surface area contributed by atoms with Crippen LogP contribution in [0.5, 0.6) is 0 Å². The van der Waals surface area contributed by atoms with Gasteiger partial charge >= 0.3 is 0 Å². The van der Waals surface area contributed by atoms with E-state index >= 15 is 0 Å². The van der Waals surface area contributed by atoms with Gasteiger partial charge in [0.15, 0.2) is 0 Å². The molecule has 5 heteroatoms. The van der Waals surface area contributed by atoms with Crippen LogP contribution in [0.3, 0.4) is 0 Å². The minimum atomic E-state index is -0.841. The van der Waals surface area contributed by atoms with E-state index in [1.807, 2.05) is 6.92 Å². The topological polar surface area (TPSA) is 84.2 Å². The third kappa shape index (κ3) is 2.87. The molecule has 0 aromatic heterocycles. The van der Waals surface area contributed by atoms with Gasteiger partial charge in [-0.2, -0.15) is 0 Å². The van der Waals surface area contributed by atoms with E-state index in [1.165, 1.54) is 6.42 Å². The Morgan fingerprint density at radius 2 is 1.59 bits per heavy atom. The number of aliphatic hydroxyl groups is 4. The van der Waals surface area contributed by atoms with Gasteiger partial charge in [-0.3, -0.25) is 4.90 Å². The summed E-state index contributed by atoms with van der Waals surface area (Å²) in [5, 5.41) is 45.8. The Kier molecular flexibility index (Phi) is 4.99. The molecule has 0 aromatic carbocycles. The molecule has 4 saturated carbocycles. The van der Waals surface area contributed by atoms with Crippen molar-refractivity contribution < 1.29 is 20.4 Å². The van der Waals surface area contributed by atoms with Crippen molar-refractivity contribution in [3.8, 4) is 0 Å². The van der Waals surface area contributed by atoms with Crippen LogP contribution in [-0.2, 0) is 0 Å². The van der Waals surface area contributed by atoms with E-state index < -0.39 is 11.2 Å². The van der Waals surface area contributed by atoms with Crippen LogP contribution in [0.15, 0.2) is 0 Å². The summed E-state index contributed by atoms with van der Waals surface area (Å²) in [7, 11) is 0. The van der Waals surface area contributed by atoms with E-state index in [4.69, 9.17) is 0 Å². The molecule has 0 aromatic rings. The Balaban J connectivity index is 1.34. The summed E-state index contributed by atoms with van der Waals surface area (Å²) in [4.78, 5) is 2.44. The molecular formula is C27H45NO4. The van der Waals surface area contributed by atoms with Crippen molar-refractivity contribution in [2.24, 2.45) is 46.8 Å². The fraction of sp³-hybridized carbons (Fsp3) is 1.00. The van der Waals surface area contributed by atoms with Gasteiger partial charge in [0.25, 0.3) is 0 Å². The largest absolute Gasteiger partial charge is 0.393 e. The third-order valence-corrected chi connectivity index (χ3v) is 12.1. The fourth-order valence-corrected chi connectivity index (χ4v) is 10.7.